The predicted octanol–water partition coefficient (Wildman–Crippen LogP) is 2.96. The summed E-state index contributed by atoms with van der Waals surface area (Å²) >= 11 is 0. The van der Waals surface area contributed by atoms with E-state index in [1.165, 1.54) is 6.07 Å². The molecule has 132 valence electrons. The third-order valence-corrected chi connectivity index (χ3v) is 4.50. The van der Waals surface area contributed by atoms with E-state index in [0.717, 1.165) is 25.7 Å². The van der Waals surface area contributed by atoms with E-state index in [1.54, 1.807) is 18.2 Å². The largest absolute Gasteiger partial charge is 0.353 e. The Morgan fingerprint density at radius 1 is 1.12 bits per heavy atom. The minimum absolute atomic E-state index is 0.0622. The van der Waals surface area contributed by atoms with Gasteiger partial charge in [0.25, 0.3) is 0 Å². The molecule has 0 spiro atoms. The van der Waals surface area contributed by atoms with E-state index in [-0.39, 0.29) is 42.1 Å². The van der Waals surface area contributed by atoms with Gasteiger partial charge in [-0.25, -0.2) is 4.39 Å². The molecule has 0 aromatic heterocycles. The van der Waals surface area contributed by atoms with Gasteiger partial charge < -0.3 is 10.6 Å². The van der Waals surface area contributed by atoms with Crippen LogP contribution in [0.25, 0.3) is 0 Å². The number of carbonyl (C=O) groups is 2. The molecule has 1 fully saturated rings. The molecule has 0 unspecified atom stereocenters. The Hall–Kier alpha value is -1.91. The lowest BCUT2D eigenvalue weighted by atomic mass is 10.1. The Kier molecular flexibility index (Phi) is 6.76. The number of carbonyl (C=O) groups excluding carboxylic acids is 2. The van der Waals surface area contributed by atoms with Gasteiger partial charge in [0.1, 0.15) is 5.82 Å². The van der Waals surface area contributed by atoms with Crippen LogP contribution in [-0.2, 0) is 16.0 Å². The standard InChI is InChI=1S/C19H27FN2O2/c1-13(11-16-9-5-6-10-17(16)20)21-18(23)12-14(2)22-19(24)15-7-3-4-8-15/h5-6,9-10,13-15H,3-4,7-8,11-12H2,1-2H3,(H,21,23)(H,22,24)/t13-,14-/m0/s1. The first-order valence-corrected chi connectivity index (χ1v) is 8.79. The molecular formula is C19H27FN2O2. The third-order valence-electron chi connectivity index (χ3n) is 4.50. The first kappa shape index (κ1) is 18.4. The highest BCUT2D eigenvalue weighted by atomic mass is 19.1. The molecule has 1 aromatic rings. The lowest BCUT2D eigenvalue weighted by Crippen LogP contribution is -2.42. The summed E-state index contributed by atoms with van der Waals surface area (Å²) in [7, 11) is 0. The zero-order chi connectivity index (χ0) is 17.5. The van der Waals surface area contributed by atoms with Gasteiger partial charge >= 0.3 is 0 Å². The van der Waals surface area contributed by atoms with E-state index in [0.29, 0.717) is 12.0 Å². The van der Waals surface area contributed by atoms with Crippen molar-refractivity contribution in [2.75, 3.05) is 0 Å². The van der Waals surface area contributed by atoms with Crippen molar-refractivity contribution >= 4 is 11.8 Å². The predicted molar refractivity (Wildman–Crippen MR) is 91.9 cm³/mol. The van der Waals surface area contributed by atoms with E-state index in [2.05, 4.69) is 10.6 Å². The van der Waals surface area contributed by atoms with Gasteiger partial charge in [-0.3, -0.25) is 9.59 Å². The van der Waals surface area contributed by atoms with Gasteiger partial charge in [0.05, 0.1) is 0 Å². The zero-order valence-electron chi connectivity index (χ0n) is 14.5. The fourth-order valence-corrected chi connectivity index (χ4v) is 3.26. The van der Waals surface area contributed by atoms with E-state index < -0.39 is 0 Å². The molecule has 1 aliphatic rings. The van der Waals surface area contributed by atoms with Crippen LogP contribution in [0.15, 0.2) is 24.3 Å². The summed E-state index contributed by atoms with van der Waals surface area (Å²) < 4.78 is 13.6. The quantitative estimate of drug-likeness (QED) is 0.805. The van der Waals surface area contributed by atoms with Crippen LogP contribution >= 0.6 is 0 Å². The fourth-order valence-electron chi connectivity index (χ4n) is 3.26. The number of amides is 2. The number of nitrogens with one attached hydrogen (secondary N) is 2. The van der Waals surface area contributed by atoms with Crippen LogP contribution < -0.4 is 10.6 Å². The first-order chi connectivity index (χ1) is 11.5. The number of hydrogen-bond acceptors (Lipinski definition) is 2. The van der Waals surface area contributed by atoms with Gasteiger partial charge in [0, 0.05) is 24.4 Å². The SMILES string of the molecule is C[C@@H](Cc1ccccc1F)NC(=O)C[C@H](C)NC(=O)C1CCCC1. The van der Waals surface area contributed by atoms with Crippen molar-refractivity contribution in [2.45, 2.75) is 64.5 Å². The summed E-state index contributed by atoms with van der Waals surface area (Å²) in [6, 6.07) is 6.23. The molecule has 0 saturated heterocycles. The van der Waals surface area contributed by atoms with E-state index in [4.69, 9.17) is 0 Å². The smallest absolute Gasteiger partial charge is 0.223 e. The third kappa shape index (κ3) is 5.62. The van der Waals surface area contributed by atoms with Crippen molar-refractivity contribution in [3.63, 3.8) is 0 Å². The molecular weight excluding hydrogens is 307 g/mol. The minimum atomic E-state index is -0.254. The molecule has 2 atom stereocenters. The molecule has 1 saturated carbocycles. The zero-order valence-corrected chi connectivity index (χ0v) is 14.5. The van der Waals surface area contributed by atoms with Gasteiger partial charge in [-0.15, -0.1) is 0 Å². The molecule has 1 aliphatic carbocycles. The average molecular weight is 334 g/mol. The van der Waals surface area contributed by atoms with Crippen LogP contribution in [0, 0.1) is 11.7 Å². The fraction of sp³-hybridized carbons (Fsp3) is 0.579. The lowest BCUT2D eigenvalue weighted by Gasteiger charge is -2.19. The topological polar surface area (TPSA) is 58.2 Å². The van der Waals surface area contributed by atoms with Crippen LogP contribution in [0.3, 0.4) is 0 Å². The molecule has 0 aliphatic heterocycles. The van der Waals surface area contributed by atoms with Crippen LogP contribution in [0.5, 0.6) is 0 Å². The molecule has 0 bridgehead atoms. The van der Waals surface area contributed by atoms with Crippen molar-refractivity contribution in [1.82, 2.24) is 10.6 Å². The Morgan fingerprint density at radius 3 is 2.46 bits per heavy atom. The maximum atomic E-state index is 13.6. The highest BCUT2D eigenvalue weighted by Gasteiger charge is 2.24. The Balaban J connectivity index is 1.73. The maximum Gasteiger partial charge on any atom is 0.223 e. The van der Waals surface area contributed by atoms with E-state index >= 15 is 0 Å². The molecule has 24 heavy (non-hydrogen) atoms. The van der Waals surface area contributed by atoms with E-state index in [1.807, 2.05) is 13.8 Å². The van der Waals surface area contributed by atoms with Crippen LogP contribution in [0.4, 0.5) is 4.39 Å². The van der Waals surface area contributed by atoms with Crippen LogP contribution in [-0.4, -0.2) is 23.9 Å². The molecule has 2 rings (SSSR count). The maximum absolute atomic E-state index is 13.6. The second-order valence-corrected chi connectivity index (χ2v) is 6.86. The lowest BCUT2D eigenvalue weighted by molar-refractivity contribution is -0.126. The van der Waals surface area contributed by atoms with Gasteiger partial charge in [0.15, 0.2) is 0 Å². The molecule has 2 amide bonds. The summed E-state index contributed by atoms with van der Waals surface area (Å²) in [6.07, 6.45) is 4.80. The molecule has 0 radical (unpaired) electrons. The summed E-state index contributed by atoms with van der Waals surface area (Å²) in [4.78, 5) is 24.1. The molecule has 4 nitrogen and oxygen atoms in total. The van der Waals surface area contributed by atoms with Crippen molar-refractivity contribution in [3.05, 3.63) is 35.6 Å². The van der Waals surface area contributed by atoms with E-state index in [9.17, 15) is 14.0 Å². The number of hydrogen-bond donors (Lipinski definition) is 2. The van der Waals surface area contributed by atoms with Gasteiger partial charge in [-0.2, -0.15) is 0 Å². The Bertz CT molecular complexity index is 570. The van der Waals surface area contributed by atoms with Crippen molar-refractivity contribution < 1.29 is 14.0 Å². The molecule has 5 heteroatoms. The highest BCUT2D eigenvalue weighted by Crippen LogP contribution is 2.24. The van der Waals surface area contributed by atoms with Crippen LogP contribution in [0.2, 0.25) is 0 Å². The minimum Gasteiger partial charge on any atom is -0.353 e. The van der Waals surface area contributed by atoms with Crippen molar-refractivity contribution in [3.8, 4) is 0 Å². The van der Waals surface area contributed by atoms with Gasteiger partial charge in [-0.1, -0.05) is 31.0 Å². The summed E-state index contributed by atoms with van der Waals surface area (Å²) in [6.45, 7) is 3.69. The second-order valence-electron chi connectivity index (χ2n) is 6.86. The molecule has 1 aromatic carbocycles. The average Bonchev–Trinajstić information content (AvgIpc) is 3.03. The number of halogens is 1. The Morgan fingerprint density at radius 2 is 1.79 bits per heavy atom. The van der Waals surface area contributed by atoms with Gasteiger partial charge in [-0.05, 0) is 44.7 Å². The second kappa shape index (κ2) is 8.81. The van der Waals surface area contributed by atoms with Crippen molar-refractivity contribution in [1.29, 1.82) is 0 Å². The summed E-state index contributed by atoms with van der Waals surface area (Å²) in [5.74, 6) is -0.212. The molecule has 0 heterocycles. The summed E-state index contributed by atoms with van der Waals surface area (Å²) in [5.41, 5.74) is 0.591. The highest BCUT2D eigenvalue weighted by molar-refractivity contribution is 5.81. The van der Waals surface area contributed by atoms with Crippen LogP contribution in [0.1, 0.15) is 51.5 Å². The number of rotatable bonds is 7. The number of benzene rings is 1. The monoisotopic (exact) mass is 334 g/mol. The van der Waals surface area contributed by atoms with Gasteiger partial charge in [0.2, 0.25) is 11.8 Å². The summed E-state index contributed by atoms with van der Waals surface area (Å²) in [5, 5.41) is 5.80. The Labute approximate surface area is 143 Å². The first-order valence-electron chi connectivity index (χ1n) is 8.79. The normalized spacial score (nSPS) is 17.3. The van der Waals surface area contributed by atoms with Crippen molar-refractivity contribution in [2.24, 2.45) is 5.92 Å². The molecule has 2 N–H and O–H groups in total.